The fourth-order valence-corrected chi connectivity index (χ4v) is 5.10. The van der Waals surface area contributed by atoms with E-state index < -0.39 is 11.7 Å². The second kappa shape index (κ2) is 4.99. The Hall–Kier alpha value is -1.06. The van der Waals surface area contributed by atoms with Crippen LogP contribution in [-0.2, 0) is 4.74 Å². The van der Waals surface area contributed by atoms with Crippen molar-refractivity contribution in [2.75, 3.05) is 0 Å². The lowest BCUT2D eigenvalue weighted by atomic mass is 9.48. The number of rotatable bonds is 2. The van der Waals surface area contributed by atoms with Crippen LogP contribution in [0.25, 0.3) is 0 Å². The summed E-state index contributed by atoms with van der Waals surface area (Å²) in [7, 11) is 0. The quantitative estimate of drug-likeness (QED) is 0.615. The highest BCUT2D eigenvalue weighted by Crippen LogP contribution is 2.60. The van der Waals surface area contributed by atoms with Crippen molar-refractivity contribution in [3.63, 3.8) is 0 Å². The molecule has 1 amide bonds. The minimum Gasteiger partial charge on any atom is -0.443 e. The molecular formula is C17H28N2O2. The standard InChI is InChI=1S/C17H28N2O2/c1-11(18-19-15(20)21-16(2,3)4)17-8-12-5-13(9-17)7-14(6-12)10-17/h12-14H,5-10H2,1-4H3,(H,19,20)/b18-11+. The van der Waals surface area contributed by atoms with Gasteiger partial charge in [-0.25, -0.2) is 10.2 Å². The minimum absolute atomic E-state index is 0.254. The molecule has 1 N–H and O–H groups in total. The summed E-state index contributed by atoms with van der Waals surface area (Å²) < 4.78 is 5.25. The summed E-state index contributed by atoms with van der Waals surface area (Å²) in [5.41, 5.74) is 3.47. The summed E-state index contributed by atoms with van der Waals surface area (Å²) in [4.78, 5) is 11.7. The van der Waals surface area contributed by atoms with Crippen LogP contribution in [0.15, 0.2) is 5.10 Å². The zero-order valence-corrected chi connectivity index (χ0v) is 13.7. The molecule has 4 saturated carbocycles. The van der Waals surface area contributed by atoms with E-state index in [0.717, 1.165) is 23.5 Å². The topological polar surface area (TPSA) is 50.7 Å². The Morgan fingerprint density at radius 2 is 1.57 bits per heavy atom. The molecule has 4 heteroatoms. The van der Waals surface area contributed by atoms with Gasteiger partial charge in [-0.2, -0.15) is 5.10 Å². The third-order valence-corrected chi connectivity index (χ3v) is 5.52. The van der Waals surface area contributed by atoms with Crippen molar-refractivity contribution in [2.45, 2.75) is 71.8 Å². The second-order valence-electron chi connectivity index (χ2n) is 8.51. The molecule has 0 aliphatic heterocycles. The maximum Gasteiger partial charge on any atom is 0.428 e. The van der Waals surface area contributed by atoms with E-state index in [4.69, 9.17) is 4.74 Å². The van der Waals surface area contributed by atoms with Gasteiger partial charge in [-0.3, -0.25) is 0 Å². The van der Waals surface area contributed by atoms with Crippen LogP contribution in [0.5, 0.6) is 0 Å². The normalized spacial score (nSPS) is 38.5. The van der Waals surface area contributed by atoms with Crippen molar-refractivity contribution in [3.05, 3.63) is 0 Å². The highest BCUT2D eigenvalue weighted by molar-refractivity contribution is 5.89. The Balaban J connectivity index is 1.66. The van der Waals surface area contributed by atoms with Crippen molar-refractivity contribution in [1.82, 2.24) is 5.43 Å². The summed E-state index contributed by atoms with van der Waals surface area (Å²) in [6.07, 6.45) is 7.62. The third kappa shape index (κ3) is 3.09. The lowest BCUT2D eigenvalue weighted by Crippen LogP contribution is -2.49. The fourth-order valence-electron chi connectivity index (χ4n) is 5.10. The van der Waals surface area contributed by atoms with Gasteiger partial charge in [-0.05, 0) is 84.0 Å². The van der Waals surface area contributed by atoms with E-state index in [1.54, 1.807) is 0 Å². The molecular weight excluding hydrogens is 264 g/mol. The fraction of sp³-hybridized carbons (Fsp3) is 0.882. The number of carbonyl (C=O) groups excluding carboxylic acids is 1. The lowest BCUT2D eigenvalue weighted by molar-refractivity contribution is -0.0129. The number of hydrogen-bond donors (Lipinski definition) is 1. The predicted molar refractivity (Wildman–Crippen MR) is 83.1 cm³/mol. The van der Waals surface area contributed by atoms with Crippen molar-refractivity contribution in [2.24, 2.45) is 28.3 Å². The number of ether oxygens (including phenoxy) is 1. The van der Waals surface area contributed by atoms with Gasteiger partial charge in [0.2, 0.25) is 0 Å². The summed E-state index contributed by atoms with van der Waals surface area (Å²) in [6, 6.07) is 0. The van der Waals surface area contributed by atoms with Crippen LogP contribution in [0, 0.1) is 23.2 Å². The van der Waals surface area contributed by atoms with E-state index in [9.17, 15) is 4.79 Å². The number of hydrogen-bond acceptors (Lipinski definition) is 3. The van der Waals surface area contributed by atoms with Gasteiger partial charge in [-0.15, -0.1) is 0 Å². The summed E-state index contributed by atoms with van der Waals surface area (Å²) in [5, 5.41) is 4.39. The molecule has 4 bridgehead atoms. The van der Waals surface area contributed by atoms with Crippen LogP contribution in [-0.4, -0.2) is 17.4 Å². The Bertz CT molecular complexity index is 427. The van der Waals surface area contributed by atoms with Crippen LogP contribution >= 0.6 is 0 Å². The Labute approximate surface area is 127 Å². The first-order valence-corrected chi connectivity index (χ1v) is 8.29. The zero-order valence-electron chi connectivity index (χ0n) is 13.7. The second-order valence-corrected chi connectivity index (χ2v) is 8.51. The van der Waals surface area contributed by atoms with Gasteiger partial charge < -0.3 is 4.74 Å². The molecule has 0 aromatic rings. The van der Waals surface area contributed by atoms with Gasteiger partial charge in [0.25, 0.3) is 0 Å². The van der Waals surface area contributed by atoms with Gasteiger partial charge in [-0.1, -0.05) is 0 Å². The highest BCUT2D eigenvalue weighted by Gasteiger charge is 2.52. The maximum atomic E-state index is 11.7. The summed E-state index contributed by atoms with van der Waals surface area (Å²) >= 11 is 0. The molecule has 0 spiro atoms. The number of nitrogens with zero attached hydrogens (tertiary/aromatic N) is 1. The summed E-state index contributed by atoms with van der Waals surface area (Å²) in [6.45, 7) is 7.68. The Kier molecular flexibility index (Phi) is 3.53. The first-order chi connectivity index (χ1) is 9.76. The molecule has 4 fully saturated rings. The van der Waals surface area contributed by atoms with Crippen LogP contribution < -0.4 is 5.43 Å². The largest absolute Gasteiger partial charge is 0.443 e. The maximum absolute atomic E-state index is 11.7. The molecule has 4 rings (SSSR count). The SMILES string of the molecule is C/C(=N\NC(=O)OC(C)(C)C)C12CC3CC(CC(C3)C1)C2. The molecule has 4 aliphatic rings. The molecule has 0 heterocycles. The van der Waals surface area contributed by atoms with Crippen molar-refractivity contribution >= 4 is 11.8 Å². The van der Waals surface area contributed by atoms with Crippen LogP contribution in [0.3, 0.4) is 0 Å². The van der Waals surface area contributed by atoms with Crippen LogP contribution in [0.4, 0.5) is 4.79 Å². The van der Waals surface area contributed by atoms with Crippen molar-refractivity contribution in [1.29, 1.82) is 0 Å². The molecule has 4 aliphatic carbocycles. The number of carbonyl (C=O) groups is 1. The molecule has 0 radical (unpaired) electrons. The smallest absolute Gasteiger partial charge is 0.428 e. The first kappa shape index (κ1) is 14.9. The third-order valence-electron chi connectivity index (χ3n) is 5.52. The average molecular weight is 292 g/mol. The Morgan fingerprint density at radius 3 is 2.00 bits per heavy atom. The van der Waals surface area contributed by atoms with Gasteiger partial charge in [0, 0.05) is 11.1 Å². The van der Waals surface area contributed by atoms with Crippen LogP contribution in [0.1, 0.15) is 66.2 Å². The van der Waals surface area contributed by atoms with E-state index >= 15 is 0 Å². The zero-order chi connectivity index (χ0) is 15.3. The monoisotopic (exact) mass is 292 g/mol. The van der Waals surface area contributed by atoms with E-state index in [0.29, 0.717) is 0 Å². The van der Waals surface area contributed by atoms with E-state index in [1.807, 2.05) is 20.8 Å². The van der Waals surface area contributed by atoms with Crippen LogP contribution in [0.2, 0.25) is 0 Å². The molecule has 118 valence electrons. The predicted octanol–water partition coefficient (Wildman–Crippen LogP) is 4.10. The molecule has 0 unspecified atom stereocenters. The minimum atomic E-state index is -0.478. The van der Waals surface area contributed by atoms with Gasteiger partial charge in [0.15, 0.2) is 0 Å². The molecule has 0 saturated heterocycles. The molecule has 21 heavy (non-hydrogen) atoms. The number of hydrazone groups is 1. The first-order valence-electron chi connectivity index (χ1n) is 8.29. The highest BCUT2D eigenvalue weighted by atomic mass is 16.6. The molecule has 0 atom stereocenters. The van der Waals surface area contributed by atoms with Crippen molar-refractivity contribution < 1.29 is 9.53 Å². The van der Waals surface area contributed by atoms with E-state index in [1.165, 1.54) is 38.5 Å². The van der Waals surface area contributed by atoms with Crippen molar-refractivity contribution in [3.8, 4) is 0 Å². The molecule has 0 aromatic heterocycles. The van der Waals surface area contributed by atoms with E-state index in [2.05, 4.69) is 17.5 Å². The lowest BCUT2D eigenvalue weighted by Gasteiger charge is -2.56. The van der Waals surface area contributed by atoms with E-state index in [-0.39, 0.29) is 5.41 Å². The molecule has 4 nitrogen and oxygen atoms in total. The average Bonchev–Trinajstić information content (AvgIpc) is 2.32. The van der Waals surface area contributed by atoms with Gasteiger partial charge in [0.05, 0.1) is 0 Å². The summed E-state index contributed by atoms with van der Waals surface area (Å²) in [5.74, 6) is 2.67. The number of amides is 1. The Morgan fingerprint density at radius 1 is 1.10 bits per heavy atom. The van der Waals surface area contributed by atoms with Gasteiger partial charge in [0.1, 0.15) is 5.60 Å². The molecule has 0 aromatic carbocycles. The van der Waals surface area contributed by atoms with Gasteiger partial charge >= 0.3 is 6.09 Å². The number of nitrogens with one attached hydrogen (secondary N) is 1.